The van der Waals surface area contributed by atoms with Gasteiger partial charge in [0.1, 0.15) is 5.69 Å². The van der Waals surface area contributed by atoms with E-state index in [-0.39, 0.29) is 5.34 Å². The van der Waals surface area contributed by atoms with Gasteiger partial charge in [0.15, 0.2) is 0 Å². The highest BCUT2D eigenvalue weighted by atomic mass is 35.5. The maximum atomic E-state index is 5.36. The number of hydrogen-bond donors (Lipinski definition) is 1. The molecule has 1 aliphatic rings. The number of aromatic nitrogens is 4. The minimum absolute atomic E-state index is 0.194. The summed E-state index contributed by atoms with van der Waals surface area (Å²) in [6, 6.07) is 57.6. The lowest BCUT2D eigenvalue weighted by atomic mass is 9.89. The first kappa shape index (κ1) is 33.2. The highest BCUT2D eigenvalue weighted by molar-refractivity contribution is 6.40. The van der Waals surface area contributed by atoms with Crippen LogP contribution in [0.1, 0.15) is 56.3 Å². The van der Waals surface area contributed by atoms with Gasteiger partial charge in [-0.3, -0.25) is 0 Å². The van der Waals surface area contributed by atoms with Crippen molar-refractivity contribution in [3.63, 3.8) is 0 Å². The Bertz CT molecular complexity index is 2350. The number of aromatic amines is 1. The van der Waals surface area contributed by atoms with Crippen LogP contribution in [0, 0.1) is 11.8 Å². The van der Waals surface area contributed by atoms with E-state index < -0.39 is 0 Å². The van der Waals surface area contributed by atoms with Crippen molar-refractivity contribution in [3.8, 4) is 0 Å². The Balaban J connectivity index is 0.00000125. The molecule has 0 amide bonds. The van der Waals surface area contributed by atoms with Crippen LogP contribution in [0.3, 0.4) is 0 Å². The predicted molar refractivity (Wildman–Crippen MR) is 212 cm³/mol. The largest absolute Gasteiger partial charge is 0.630 e. The molecule has 1 N–H and O–H groups in total. The summed E-state index contributed by atoms with van der Waals surface area (Å²) in [4.78, 5) is 14.3. The van der Waals surface area contributed by atoms with Gasteiger partial charge < -0.3 is 19.5 Å². The van der Waals surface area contributed by atoms with Crippen molar-refractivity contribution in [1.29, 1.82) is 0 Å². The average Bonchev–Trinajstić information content (AvgIpc) is 4.02. The maximum absolute atomic E-state index is 5.36. The molecular weight excluding hydrogens is 679 g/mol. The summed E-state index contributed by atoms with van der Waals surface area (Å²) in [5, 5.41) is 2.39. The van der Waals surface area contributed by atoms with Gasteiger partial charge >= 0.3 is 0 Å². The van der Waals surface area contributed by atoms with E-state index in [4.69, 9.17) is 33.2 Å². The fourth-order valence-electron chi connectivity index (χ4n) is 7.17. The van der Waals surface area contributed by atoms with Gasteiger partial charge in [-0.1, -0.05) is 72.1 Å². The zero-order chi connectivity index (χ0) is 35.4. The lowest BCUT2D eigenvalue weighted by molar-refractivity contribution is 0.851. The van der Waals surface area contributed by atoms with Gasteiger partial charge in [-0.2, -0.15) is 0 Å². The Hall–Kier alpha value is -5.94. The van der Waals surface area contributed by atoms with Crippen molar-refractivity contribution in [2.75, 3.05) is 5.34 Å². The number of nitrogens with zero attached hydrogens (tertiary/aromatic N) is 3. The molecule has 4 aromatic heterocycles. The third kappa shape index (κ3) is 6.28. The summed E-state index contributed by atoms with van der Waals surface area (Å²) in [6.45, 7) is 0. The Labute approximate surface area is 313 Å². The van der Waals surface area contributed by atoms with Crippen molar-refractivity contribution in [2.45, 2.75) is 0 Å². The number of halogens is 2. The predicted octanol–water partition coefficient (Wildman–Crippen LogP) is 8.54. The maximum Gasteiger partial charge on any atom is 0.114 e. The molecule has 0 unspecified atom stereocenters. The van der Waals surface area contributed by atoms with Gasteiger partial charge in [0.05, 0.1) is 33.4 Å². The molecule has 4 aromatic carbocycles. The van der Waals surface area contributed by atoms with Crippen molar-refractivity contribution in [2.24, 2.45) is 7.05 Å². The molecule has 0 atom stereocenters. The molecule has 9 rings (SSSR count). The van der Waals surface area contributed by atoms with E-state index in [0.717, 1.165) is 90.0 Å². The Morgan fingerprint density at radius 3 is 1.65 bits per heavy atom. The van der Waals surface area contributed by atoms with Gasteiger partial charge in [-0.05, 0) is 95.2 Å². The van der Waals surface area contributed by atoms with Crippen LogP contribution in [0.4, 0.5) is 0 Å². The van der Waals surface area contributed by atoms with Crippen LogP contribution in [0.5, 0.6) is 0 Å². The minimum Gasteiger partial charge on any atom is -0.630 e. The highest BCUT2D eigenvalue weighted by Crippen LogP contribution is 2.36. The van der Waals surface area contributed by atoms with Gasteiger partial charge in [0.2, 0.25) is 0 Å². The molecule has 8 aromatic rings. The molecule has 0 saturated carbocycles. The van der Waals surface area contributed by atoms with E-state index in [0.29, 0.717) is 0 Å². The van der Waals surface area contributed by atoms with Crippen LogP contribution in [-0.2, 0) is 7.05 Å². The van der Waals surface area contributed by atoms with E-state index >= 15 is 0 Å². The van der Waals surface area contributed by atoms with Crippen LogP contribution in [0.25, 0.3) is 11.1 Å². The first-order chi connectivity index (χ1) is 25.6. The summed E-state index contributed by atoms with van der Waals surface area (Å²) in [6.07, 6.45) is 2.00. The summed E-state index contributed by atoms with van der Waals surface area (Å²) < 4.78 is 2.30. The van der Waals surface area contributed by atoms with Crippen molar-refractivity contribution in [3.05, 3.63) is 249 Å². The molecule has 0 fully saturated rings. The molecule has 5 heterocycles. The average molecular weight is 714 g/mol. The molecule has 252 valence electrons. The summed E-state index contributed by atoms with van der Waals surface area (Å²) >= 11 is 9.53. The molecule has 52 heavy (non-hydrogen) atoms. The van der Waals surface area contributed by atoms with Crippen LogP contribution >= 0.6 is 23.2 Å². The standard InChI is InChI=1S/C45H32N4.CH2Cl2/c1-49-40-26-27-41(49)45(33-20-12-5-13-21-33)39-28-34(29-46-39)42(30-14-6-2-7-15-30)35-22-23-36(47-35)43(31-16-8-3-9-17-31)37-24-25-38(48-37)44(40)32-18-10-4-11-19-32;2-1-3/h2-29,48H,1H3;1H2/b44-40+,45-41-;. The summed E-state index contributed by atoms with van der Waals surface area (Å²) in [5.74, 6) is 2.11. The Morgan fingerprint density at radius 2 is 1.06 bits per heavy atom. The van der Waals surface area contributed by atoms with E-state index in [1.165, 1.54) is 0 Å². The van der Waals surface area contributed by atoms with E-state index in [1.807, 2.05) is 6.20 Å². The molecule has 1 aliphatic heterocycles. The number of alkyl halides is 2. The van der Waals surface area contributed by atoms with Gasteiger partial charge in [-0.25, -0.2) is 0 Å². The molecule has 6 heteroatoms. The molecule has 4 nitrogen and oxygen atoms in total. The highest BCUT2D eigenvalue weighted by Gasteiger charge is 2.26. The fourth-order valence-corrected chi connectivity index (χ4v) is 7.17. The monoisotopic (exact) mass is 712 g/mol. The van der Waals surface area contributed by atoms with E-state index in [1.54, 1.807) is 0 Å². The number of H-pyrrole nitrogens is 1. The fraction of sp³-hybridized carbons (Fsp3) is 0.0435. The minimum atomic E-state index is 0.194. The first-order valence-electron chi connectivity index (χ1n) is 17.1. The van der Waals surface area contributed by atoms with E-state index in [2.05, 4.69) is 180 Å². The Morgan fingerprint density at radius 1 is 0.558 bits per heavy atom. The Kier molecular flexibility index (Phi) is 9.41. The second kappa shape index (κ2) is 14.7. The molecule has 0 aliphatic carbocycles. The smallest absolute Gasteiger partial charge is 0.114 e. The van der Waals surface area contributed by atoms with Gasteiger partial charge in [0.25, 0.3) is 0 Å². The molecule has 0 spiro atoms. The van der Waals surface area contributed by atoms with Crippen LogP contribution < -0.4 is 20.7 Å². The molecule has 8 bridgehead atoms. The number of rotatable bonds is 4. The van der Waals surface area contributed by atoms with Crippen molar-refractivity contribution in [1.82, 2.24) is 19.5 Å². The van der Waals surface area contributed by atoms with E-state index in [9.17, 15) is 0 Å². The summed E-state index contributed by atoms with van der Waals surface area (Å²) in [5.41, 5.74) is 12.5. The SMILES string of the molecule is ClCCl.Cn1/c2cc/c1=C(/c1ccccc1)c1ccc([nH]1)[C+](c1ccccc1)c1ccc([n-]1)[C+](c1ccccc1)c1c[n-]c(c1)/C=2c1ccccc1. The van der Waals surface area contributed by atoms with Crippen LogP contribution in [0.2, 0.25) is 0 Å². The normalized spacial score (nSPS) is 14.5. The molecule has 0 radical (unpaired) electrons. The number of nitrogens with one attached hydrogen (secondary N) is 1. The molecular formula is C46H34Cl2N4. The molecule has 0 saturated heterocycles. The number of benzene rings is 4. The second-order valence-corrected chi connectivity index (χ2v) is 13.3. The number of fused-ring (bicyclic) bond motifs is 8. The zero-order valence-corrected chi connectivity index (χ0v) is 30.0. The van der Waals surface area contributed by atoms with Crippen LogP contribution in [-0.4, -0.2) is 14.9 Å². The summed E-state index contributed by atoms with van der Waals surface area (Å²) in [7, 11) is 2.16. The lowest BCUT2D eigenvalue weighted by Crippen LogP contribution is -2.28. The van der Waals surface area contributed by atoms with Gasteiger partial charge in [-0.15, -0.1) is 29.4 Å². The first-order valence-corrected chi connectivity index (χ1v) is 18.2. The number of hydrogen-bond acceptors (Lipinski definition) is 0. The lowest BCUT2D eigenvalue weighted by Gasteiger charge is -2.20. The van der Waals surface area contributed by atoms with Crippen molar-refractivity contribution >= 4 is 34.3 Å². The van der Waals surface area contributed by atoms with Crippen LogP contribution in [0.15, 0.2) is 170 Å². The van der Waals surface area contributed by atoms with Crippen molar-refractivity contribution < 1.29 is 0 Å². The third-order valence-electron chi connectivity index (χ3n) is 9.44. The third-order valence-corrected chi connectivity index (χ3v) is 9.44. The quantitative estimate of drug-likeness (QED) is 0.147. The van der Waals surface area contributed by atoms with Gasteiger partial charge in [0, 0.05) is 59.8 Å². The zero-order valence-electron chi connectivity index (χ0n) is 28.5. The topological polar surface area (TPSA) is 48.9 Å². The second-order valence-electron chi connectivity index (χ2n) is 12.5.